The number of hydrazone groups is 1. The Balaban J connectivity index is 1.86. The fourth-order valence-electron chi connectivity index (χ4n) is 2.33. The number of nitrogens with one attached hydrogen (secondary N) is 1. The molecule has 3 aromatic rings. The Kier molecular flexibility index (Phi) is 6.32. The van der Waals surface area contributed by atoms with E-state index in [2.05, 4.69) is 20.3 Å². The second-order valence-electron chi connectivity index (χ2n) is 5.90. The molecule has 0 aliphatic rings. The molecule has 2 aromatic carbocycles. The van der Waals surface area contributed by atoms with E-state index in [0.717, 1.165) is 28.9 Å². The number of hydrogen-bond acceptors (Lipinski definition) is 5. The predicted octanol–water partition coefficient (Wildman–Crippen LogP) is 4.29. The van der Waals surface area contributed by atoms with Gasteiger partial charge in [0, 0.05) is 0 Å². The molecule has 0 unspecified atom stereocenters. The highest BCUT2D eigenvalue weighted by molar-refractivity contribution is 7.99. The summed E-state index contributed by atoms with van der Waals surface area (Å²) in [4.78, 5) is 16.8. The highest BCUT2D eigenvalue weighted by Gasteiger charge is 2.31. The number of anilines is 1. The van der Waals surface area contributed by atoms with Gasteiger partial charge in [0.15, 0.2) is 0 Å². The van der Waals surface area contributed by atoms with Crippen molar-refractivity contribution >= 4 is 29.6 Å². The topological polar surface area (TPSA) is 74.2 Å². The van der Waals surface area contributed by atoms with Gasteiger partial charge in [-0.3, -0.25) is 9.89 Å². The number of H-pyrrole nitrogens is 1. The molecule has 1 aromatic heterocycles. The summed E-state index contributed by atoms with van der Waals surface area (Å²) < 4.78 is 39.3. The minimum Gasteiger partial charge on any atom is -0.272 e. The Bertz CT molecular complexity index is 1000. The first kappa shape index (κ1) is 20.6. The van der Waals surface area contributed by atoms with Crippen LogP contribution >= 0.6 is 11.8 Å². The lowest BCUT2D eigenvalue weighted by molar-refractivity contribution is -0.137. The van der Waals surface area contributed by atoms with Gasteiger partial charge in [-0.25, -0.2) is 9.99 Å². The normalized spacial score (nSPS) is 11.7. The molecule has 10 heteroatoms. The number of aryl methyl sites for hydroxylation is 1. The largest absolute Gasteiger partial charge is 0.416 e. The van der Waals surface area contributed by atoms with Gasteiger partial charge >= 0.3 is 6.18 Å². The molecule has 29 heavy (non-hydrogen) atoms. The number of amides is 1. The van der Waals surface area contributed by atoms with Crippen LogP contribution in [0.1, 0.15) is 17.0 Å². The van der Waals surface area contributed by atoms with E-state index in [1.54, 1.807) is 31.2 Å². The summed E-state index contributed by atoms with van der Waals surface area (Å²) in [6, 6.07) is 13.4. The highest BCUT2D eigenvalue weighted by atomic mass is 32.2. The Hall–Kier alpha value is -3.14. The molecule has 0 radical (unpaired) electrons. The third-order valence-corrected chi connectivity index (χ3v) is 4.51. The van der Waals surface area contributed by atoms with Crippen molar-refractivity contribution in [3.8, 4) is 0 Å². The summed E-state index contributed by atoms with van der Waals surface area (Å²) in [5.74, 6) is -0.0135. The van der Waals surface area contributed by atoms with Crippen molar-refractivity contribution < 1.29 is 18.0 Å². The van der Waals surface area contributed by atoms with Crippen LogP contribution in [-0.4, -0.2) is 33.1 Å². The SMILES string of the molecule is Cc1nc(SCC(=O)N(/N=C/c2ccccc2)c2cccc(C(F)(F)F)c2)n[nH]1. The molecule has 0 bridgehead atoms. The van der Waals surface area contributed by atoms with E-state index in [0.29, 0.717) is 16.5 Å². The molecule has 0 atom stereocenters. The van der Waals surface area contributed by atoms with Crippen LogP contribution in [0.3, 0.4) is 0 Å². The van der Waals surface area contributed by atoms with Crippen LogP contribution in [0.2, 0.25) is 0 Å². The number of carbonyl (C=O) groups excluding carboxylic acids is 1. The maximum Gasteiger partial charge on any atom is 0.416 e. The maximum absolute atomic E-state index is 13.1. The van der Waals surface area contributed by atoms with Gasteiger partial charge in [0.25, 0.3) is 5.91 Å². The maximum atomic E-state index is 13.1. The first-order valence-electron chi connectivity index (χ1n) is 8.44. The van der Waals surface area contributed by atoms with Crippen molar-refractivity contribution in [1.29, 1.82) is 0 Å². The number of aromatic nitrogens is 3. The second-order valence-corrected chi connectivity index (χ2v) is 6.84. The van der Waals surface area contributed by atoms with Gasteiger partial charge in [0.1, 0.15) is 5.82 Å². The van der Waals surface area contributed by atoms with Gasteiger partial charge < -0.3 is 0 Å². The van der Waals surface area contributed by atoms with Crippen LogP contribution in [0, 0.1) is 6.92 Å². The summed E-state index contributed by atoms with van der Waals surface area (Å²) >= 11 is 1.06. The zero-order valence-corrected chi connectivity index (χ0v) is 16.0. The van der Waals surface area contributed by atoms with Crippen molar-refractivity contribution in [3.63, 3.8) is 0 Å². The second kappa shape index (κ2) is 8.91. The third-order valence-electron chi connectivity index (χ3n) is 3.68. The van der Waals surface area contributed by atoms with E-state index in [-0.39, 0.29) is 11.4 Å². The summed E-state index contributed by atoms with van der Waals surface area (Å²) in [6.07, 6.45) is -3.11. The molecule has 1 amide bonds. The quantitative estimate of drug-likeness (QED) is 0.367. The van der Waals surface area contributed by atoms with E-state index in [1.165, 1.54) is 18.3 Å². The predicted molar refractivity (Wildman–Crippen MR) is 105 cm³/mol. The van der Waals surface area contributed by atoms with Crippen molar-refractivity contribution in [2.75, 3.05) is 10.8 Å². The molecule has 6 nitrogen and oxygen atoms in total. The Morgan fingerprint density at radius 2 is 1.97 bits per heavy atom. The number of hydrogen-bond donors (Lipinski definition) is 1. The number of rotatable bonds is 6. The van der Waals surface area contributed by atoms with Crippen molar-refractivity contribution in [2.45, 2.75) is 18.3 Å². The monoisotopic (exact) mass is 419 g/mol. The summed E-state index contributed by atoms with van der Waals surface area (Å²) in [5.41, 5.74) is -0.141. The van der Waals surface area contributed by atoms with Crippen LogP contribution in [0.4, 0.5) is 18.9 Å². The molecule has 0 spiro atoms. The minimum atomic E-state index is -4.53. The standard InChI is InChI=1S/C19H16F3N5OS/c1-13-24-18(26-25-13)29-12-17(28)27(23-11-14-6-3-2-4-7-14)16-9-5-8-15(10-16)19(20,21)22/h2-11H,12H2,1H3,(H,24,25,26)/b23-11+. The van der Waals surface area contributed by atoms with Gasteiger partial charge in [-0.2, -0.15) is 18.3 Å². The Morgan fingerprint density at radius 3 is 2.62 bits per heavy atom. The smallest absolute Gasteiger partial charge is 0.272 e. The zero-order chi connectivity index (χ0) is 20.9. The number of alkyl halides is 3. The van der Waals surface area contributed by atoms with Crippen molar-refractivity contribution in [1.82, 2.24) is 15.2 Å². The fraction of sp³-hybridized carbons (Fsp3) is 0.158. The first-order valence-corrected chi connectivity index (χ1v) is 9.42. The van der Waals surface area contributed by atoms with E-state index < -0.39 is 17.6 Å². The lowest BCUT2D eigenvalue weighted by Gasteiger charge is -2.18. The number of benzene rings is 2. The van der Waals surface area contributed by atoms with E-state index in [4.69, 9.17) is 0 Å². The van der Waals surface area contributed by atoms with Crippen LogP contribution in [0.15, 0.2) is 64.9 Å². The number of halogens is 3. The average Bonchev–Trinajstić information content (AvgIpc) is 3.12. The van der Waals surface area contributed by atoms with E-state index in [9.17, 15) is 18.0 Å². The van der Waals surface area contributed by atoms with Gasteiger partial charge in [-0.05, 0) is 30.7 Å². The molecule has 0 aliphatic heterocycles. The number of nitrogens with zero attached hydrogens (tertiary/aromatic N) is 4. The van der Waals surface area contributed by atoms with Gasteiger partial charge in [-0.1, -0.05) is 48.2 Å². The first-order chi connectivity index (χ1) is 13.8. The summed E-state index contributed by atoms with van der Waals surface area (Å²) in [5, 5.41) is 12.0. The molecule has 3 rings (SSSR count). The molecule has 1 heterocycles. The van der Waals surface area contributed by atoms with Gasteiger partial charge in [0.2, 0.25) is 5.16 Å². The third kappa shape index (κ3) is 5.67. The number of aromatic amines is 1. The Morgan fingerprint density at radius 1 is 1.21 bits per heavy atom. The van der Waals surface area contributed by atoms with Crippen LogP contribution < -0.4 is 5.01 Å². The summed E-state index contributed by atoms with van der Waals surface area (Å²) in [7, 11) is 0. The average molecular weight is 419 g/mol. The van der Waals surface area contributed by atoms with E-state index >= 15 is 0 Å². The molecule has 0 saturated heterocycles. The van der Waals surface area contributed by atoms with E-state index in [1.807, 2.05) is 6.07 Å². The molecule has 150 valence electrons. The van der Waals surface area contributed by atoms with Crippen LogP contribution in [0.25, 0.3) is 0 Å². The molecule has 0 aliphatic carbocycles. The fourth-order valence-corrected chi connectivity index (χ4v) is 3.01. The summed E-state index contributed by atoms with van der Waals surface area (Å²) in [6.45, 7) is 1.72. The molecule has 1 N–H and O–H groups in total. The molecular weight excluding hydrogens is 403 g/mol. The number of thioether (sulfide) groups is 1. The number of carbonyl (C=O) groups is 1. The lowest BCUT2D eigenvalue weighted by atomic mass is 10.2. The van der Waals surface area contributed by atoms with Gasteiger partial charge in [0.05, 0.1) is 23.2 Å². The lowest BCUT2D eigenvalue weighted by Crippen LogP contribution is -2.27. The van der Waals surface area contributed by atoms with Crippen molar-refractivity contribution in [2.24, 2.45) is 5.10 Å². The van der Waals surface area contributed by atoms with Gasteiger partial charge in [-0.15, -0.1) is 5.10 Å². The van der Waals surface area contributed by atoms with Crippen LogP contribution in [0.5, 0.6) is 0 Å². The molecular formula is C19H16F3N5OS. The zero-order valence-electron chi connectivity index (χ0n) is 15.2. The molecule has 0 fully saturated rings. The van der Waals surface area contributed by atoms with Crippen LogP contribution in [-0.2, 0) is 11.0 Å². The Labute approximate surface area is 168 Å². The highest BCUT2D eigenvalue weighted by Crippen LogP contribution is 2.32. The van der Waals surface area contributed by atoms with Crippen molar-refractivity contribution in [3.05, 3.63) is 71.5 Å². The minimum absolute atomic E-state index is 0.0174. The molecule has 0 saturated carbocycles.